The van der Waals surface area contributed by atoms with Crippen LogP contribution in [0.5, 0.6) is 0 Å². The molecule has 2 heterocycles. The van der Waals surface area contributed by atoms with Gasteiger partial charge in [-0.1, -0.05) is 6.92 Å². The number of rotatable bonds is 5. The molecule has 0 saturated carbocycles. The SMILES string of the molecule is CCN1CCN(C(=O)C(C)N2CCN(S(=O)(=O)c3cc(F)ccc3F)CC2)CC1. The number of likely N-dealkylation sites (N-methyl/N-ethyl adjacent to an activating group) is 1. The van der Waals surface area contributed by atoms with Gasteiger partial charge in [-0.25, -0.2) is 17.2 Å². The third-order valence-electron chi connectivity index (χ3n) is 5.82. The molecule has 1 aromatic rings. The number of benzene rings is 1. The highest BCUT2D eigenvalue weighted by Gasteiger charge is 2.35. The highest BCUT2D eigenvalue weighted by atomic mass is 32.2. The molecule has 10 heteroatoms. The molecule has 2 aliphatic heterocycles. The van der Waals surface area contributed by atoms with E-state index in [-0.39, 0.29) is 25.0 Å². The number of carbonyl (C=O) groups excluding carboxylic acids is 1. The first-order valence-electron chi connectivity index (χ1n) is 9.94. The number of hydrogen-bond acceptors (Lipinski definition) is 5. The Labute approximate surface area is 170 Å². The lowest BCUT2D eigenvalue weighted by Gasteiger charge is -2.40. The molecule has 0 N–H and O–H groups in total. The van der Waals surface area contributed by atoms with E-state index in [0.29, 0.717) is 32.2 Å². The standard InChI is InChI=1S/C19H28F2N4O3S/c1-3-22-6-8-24(9-7-22)19(26)15(2)23-10-12-25(13-11-23)29(27,28)18-14-16(20)4-5-17(18)21/h4-5,14-15H,3,6-13H2,1-2H3. The summed E-state index contributed by atoms with van der Waals surface area (Å²) in [6.07, 6.45) is 0. The van der Waals surface area contributed by atoms with Crippen LogP contribution < -0.4 is 0 Å². The fourth-order valence-corrected chi connectivity index (χ4v) is 5.35. The summed E-state index contributed by atoms with van der Waals surface area (Å²) in [6.45, 7) is 9.00. The van der Waals surface area contributed by atoms with Crippen LogP contribution in [0.2, 0.25) is 0 Å². The van der Waals surface area contributed by atoms with Gasteiger partial charge in [-0.15, -0.1) is 0 Å². The fraction of sp³-hybridized carbons (Fsp3) is 0.632. The summed E-state index contributed by atoms with van der Waals surface area (Å²) in [7, 11) is -4.12. The fourth-order valence-electron chi connectivity index (χ4n) is 3.85. The van der Waals surface area contributed by atoms with Crippen molar-refractivity contribution in [1.82, 2.24) is 19.0 Å². The van der Waals surface area contributed by atoms with E-state index in [1.807, 2.05) is 16.7 Å². The molecule has 2 saturated heterocycles. The zero-order valence-electron chi connectivity index (χ0n) is 16.9. The lowest BCUT2D eigenvalue weighted by Crippen LogP contribution is -2.57. The summed E-state index contributed by atoms with van der Waals surface area (Å²) in [5.41, 5.74) is 0. The largest absolute Gasteiger partial charge is 0.339 e. The normalized spacial score (nSPS) is 21.3. The van der Waals surface area contributed by atoms with Crippen LogP contribution in [0.4, 0.5) is 8.78 Å². The molecular weight excluding hydrogens is 402 g/mol. The molecule has 2 fully saturated rings. The molecule has 162 valence electrons. The van der Waals surface area contributed by atoms with Gasteiger partial charge in [0.1, 0.15) is 16.5 Å². The van der Waals surface area contributed by atoms with Gasteiger partial charge in [0, 0.05) is 52.4 Å². The predicted molar refractivity (Wildman–Crippen MR) is 105 cm³/mol. The quantitative estimate of drug-likeness (QED) is 0.692. The van der Waals surface area contributed by atoms with Crippen LogP contribution in [-0.2, 0) is 14.8 Å². The lowest BCUT2D eigenvalue weighted by atomic mass is 10.2. The summed E-state index contributed by atoms with van der Waals surface area (Å²) >= 11 is 0. The number of carbonyl (C=O) groups is 1. The van der Waals surface area contributed by atoms with Gasteiger partial charge >= 0.3 is 0 Å². The number of halogens is 2. The van der Waals surface area contributed by atoms with E-state index in [1.165, 1.54) is 0 Å². The van der Waals surface area contributed by atoms with Crippen LogP contribution in [-0.4, -0.2) is 98.3 Å². The maximum Gasteiger partial charge on any atom is 0.246 e. The maximum atomic E-state index is 14.0. The Morgan fingerprint density at radius 2 is 1.66 bits per heavy atom. The Hall–Kier alpha value is -1.62. The summed E-state index contributed by atoms with van der Waals surface area (Å²) < 4.78 is 53.9. The number of amides is 1. The number of nitrogens with zero attached hydrogens (tertiary/aromatic N) is 4. The first kappa shape index (κ1) is 22.1. The molecular formula is C19H28F2N4O3S. The van der Waals surface area contributed by atoms with E-state index >= 15 is 0 Å². The van der Waals surface area contributed by atoms with Crippen LogP contribution in [0.1, 0.15) is 13.8 Å². The average Bonchev–Trinajstić information content (AvgIpc) is 2.74. The topological polar surface area (TPSA) is 64.2 Å². The highest BCUT2D eigenvalue weighted by molar-refractivity contribution is 7.89. The molecule has 0 bridgehead atoms. The van der Waals surface area contributed by atoms with E-state index in [2.05, 4.69) is 11.8 Å². The van der Waals surface area contributed by atoms with E-state index in [1.54, 1.807) is 0 Å². The minimum absolute atomic E-state index is 0.0493. The molecule has 1 aromatic carbocycles. The van der Waals surface area contributed by atoms with Crippen molar-refractivity contribution in [2.75, 3.05) is 58.9 Å². The van der Waals surface area contributed by atoms with E-state index < -0.39 is 26.6 Å². The Kier molecular flexibility index (Phi) is 6.87. The smallest absolute Gasteiger partial charge is 0.246 e. The van der Waals surface area contributed by atoms with Gasteiger partial charge in [0.05, 0.1) is 6.04 Å². The molecule has 0 aromatic heterocycles. The van der Waals surface area contributed by atoms with Gasteiger partial charge in [-0.2, -0.15) is 4.31 Å². The summed E-state index contributed by atoms with van der Waals surface area (Å²) in [6, 6.07) is 2.07. The minimum atomic E-state index is -4.12. The molecule has 1 atom stereocenters. The molecule has 3 rings (SSSR count). The van der Waals surface area contributed by atoms with Crippen molar-refractivity contribution in [1.29, 1.82) is 0 Å². The molecule has 0 radical (unpaired) electrons. The second-order valence-electron chi connectivity index (χ2n) is 7.45. The van der Waals surface area contributed by atoms with Crippen molar-refractivity contribution < 1.29 is 22.0 Å². The molecule has 0 aliphatic carbocycles. The van der Waals surface area contributed by atoms with E-state index in [4.69, 9.17) is 0 Å². The number of hydrogen-bond donors (Lipinski definition) is 0. The third kappa shape index (κ3) is 4.76. The van der Waals surface area contributed by atoms with Crippen LogP contribution in [0.15, 0.2) is 23.1 Å². The van der Waals surface area contributed by atoms with Crippen molar-refractivity contribution in [2.45, 2.75) is 24.8 Å². The second kappa shape index (κ2) is 9.03. The van der Waals surface area contributed by atoms with Crippen molar-refractivity contribution in [3.8, 4) is 0 Å². The van der Waals surface area contributed by atoms with Crippen LogP contribution >= 0.6 is 0 Å². The van der Waals surface area contributed by atoms with E-state index in [0.717, 1.165) is 36.1 Å². The van der Waals surface area contributed by atoms with Crippen LogP contribution in [0, 0.1) is 11.6 Å². The van der Waals surface area contributed by atoms with Gasteiger partial charge in [-0.3, -0.25) is 9.69 Å². The maximum absolute atomic E-state index is 14.0. The summed E-state index contributed by atoms with van der Waals surface area (Å²) in [4.78, 5) is 18.3. The second-order valence-corrected chi connectivity index (χ2v) is 9.36. The zero-order valence-corrected chi connectivity index (χ0v) is 17.7. The Morgan fingerprint density at radius 1 is 1.03 bits per heavy atom. The summed E-state index contributed by atoms with van der Waals surface area (Å²) in [5, 5.41) is 0. The van der Waals surface area contributed by atoms with Gasteiger partial charge in [-0.05, 0) is 31.7 Å². The third-order valence-corrected chi connectivity index (χ3v) is 7.73. The first-order chi connectivity index (χ1) is 13.7. The van der Waals surface area contributed by atoms with Crippen molar-refractivity contribution in [2.24, 2.45) is 0 Å². The Balaban J connectivity index is 1.60. The van der Waals surface area contributed by atoms with E-state index in [9.17, 15) is 22.0 Å². The van der Waals surface area contributed by atoms with Crippen molar-refractivity contribution in [3.63, 3.8) is 0 Å². The minimum Gasteiger partial charge on any atom is -0.339 e. The molecule has 2 aliphatic rings. The lowest BCUT2D eigenvalue weighted by molar-refractivity contribution is -0.138. The predicted octanol–water partition coefficient (Wildman–Crippen LogP) is 0.824. The zero-order chi connectivity index (χ0) is 21.2. The van der Waals surface area contributed by atoms with Crippen LogP contribution in [0.25, 0.3) is 0 Å². The van der Waals surface area contributed by atoms with Gasteiger partial charge in [0.2, 0.25) is 15.9 Å². The molecule has 7 nitrogen and oxygen atoms in total. The van der Waals surface area contributed by atoms with Gasteiger partial charge in [0.25, 0.3) is 0 Å². The molecule has 29 heavy (non-hydrogen) atoms. The summed E-state index contributed by atoms with van der Waals surface area (Å²) in [5.74, 6) is -1.72. The number of piperazine rings is 2. The average molecular weight is 431 g/mol. The molecule has 0 spiro atoms. The molecule has 1 amide bonds. The highest BCUT2D eigenvalue weighted by Crippen LogP contribution is 2.22. The van der Waals surface area contributed by atoms with Crippen molar-refractivity contribution >= 4 is 15.9 Å². The number of sulfonamides is 1. The Morgan fingerprint density at radius 3 is 2.24 bits per heavy atom. The van der Waals surface area contributed by atoms with Crippen LogP contribution in [0.3, 0.4) is 0 Å². The first-order valence-corrected chi connectivity index (χ1v) is 11.4. The van der Waals surface area contributed by atoms with Gasteiger partial charge in [0.15, 0.2) is 0 Å². The monoisotopic (exact) mass is 430 g/mol. The van der Waals surface area contributed by atoms with Crippen molar-refractivity contribution in [3.05, 3.63) is 29.8 Å². The van der Waals surface area contributed by atoms with Gasteiger partial charge < -0.3 is 9.80 Å². The Bertz CT molecular complexity index is 836. The molecule has 1 unspecified atom stereocenters.